The molecule has 0 unspecified atom stereocenters. The summed E-state index contributed by atoms with van der Waals surface area (Å²) in [4.78, 5) is 4.55. The fourth-order valence-corrected chi connectivity index (χ4v) is 3.86. The molecule has 0 saturated carbocycles. The third-order valence-electron chi connectivity index (χ3n) is 5.10. The second kappa shape index (κ2) is 6.16. The zero-order valence-corrected chi connectivity index (χ0v) is 15.3. The van der Waals surface area contributed by atoms with Gasteiger partial charge in [-0.3, -0.25) is 0 Å². The summed E-state index contributed by atoms with van der Waals surface area (Å²) in [6, 6.07) is 17.0. The number of allylic oxidation sites excluding steroid dienone is 1. The summed E-state index contributed by atoms with van der Waals surface area (Å²) < 4.78 is 8.02. The maximum atomic E-state index is 10.1. The fraction of sp³-hybridized carbons (Fsp3) is 0.0870. The Bertz CT molecular complexity index is 1240. The molecule has 1 aliphatic rings. The third-order valence-corrected chi connectivity index (χ3v) is 5.10. The predicted molar refractivity (Wildman–Crippen MR) is 108 cm³/mol. The van der Waals surface area contributed by atoms with Crippen molar-refractivity contribution >= 4 is 17.1 Å². The van der Waals surface area contributed by atoms with Crippen LogP contribution in [0, 0.1) is 0 Å². The largest absolute Gasteiger partial charge is 0.508 e. The normalized spacial score (nSPS) is 14.4. The lowest BCUT2D eigenvalue weighted by Gasteiger charge is -2.06. The minimum Gasteiger partial charge on any atom is -0.508 e. The molecule has 138 valence electrons. The number of fused-ring (bicyclic) bond motifs is 2. The number of aromatic hydroxyl groups is 2. The quantitative estimate of drug-likeness (QED) is 0.540. The molecule has 1 aliphatic heterocycles. The average Bonchev–Trinajstić information content (AvgIpc) is 3.22. The van der Waals surface area contributed by atoms with Crippen LogP contribution in [-0.2, 0) is 13.5 Å². The molecule has 2 aromatic carbocycles. The first-order valence-corrected chi connectivity index (χ1v) is 9.04. The van der Waals surface area contributed by atoms with E-state index in [2.05, 4.69) is 21.7 Å². The highest BCUT2D eigenvalue weighted by Gasteiger charge is 2.24. The summed E-state index contributed by atoms with van der Waals surface area (Å²) in [5.41, 5.74) is 4.73. The van der Waals surface area contributed by atoms with E-state index in [0.717, 1.165) is 27.9 Å². The van der Waals surface area contributed by atoms with Gasteiger partial charge in [0.2, 0.25) is 0 Å². The molecule has 0 spiro atoms. The zero-order chi connectivity index (χ0) is 19.3. The molecule has 0 amide bonds. The number of phenolic OH excluding ortho intramolecular Hbond substituents is 2. The van der Waals surface area contributed by atoms with E-state index in [1.54, 1.807) is 6.20 Å². The van der Waals surface area contributed by atoms with E-state index >= 15 is 0 Å². The topological polar surface area (TPSA) is 67.5 Å². The summed E-state index contributed by atoms with van der Waals surface area (Å²) >= 11 is 0. The molecule has 4 aromatic rings. The number of rotatable bonds is 2. The van der Waals surface area contributed by atoms with Crippen LogP contribution in [0.1, 0.15) is 11.1 Å². The Kier molecular flexibility index (Phi) is 3.62. The van der Waals surface area contributed by atoms with Crippen molar-refractivity contribution in [1.29, 1.82) is 0 Å². The first kappa shape index (κ1) is 16.4. The summed E-state index contributed by atoms with van der Waals surface area (Å²) in [5, 5.41) is 20.9. The van der Waals surface area contributed by atoms with Crippen molar-refractivity contribution in [3.05, 3.63) is 77.7 Å². The van der Waals surface area contributed by atoms with Crippen LogP contribution in [-0.4, -0.2) is 19.8 Å². The van der Waals surface area contributed by atoms with Crippen molar-refractivity contribution in [3.8, 4) is 28.5 Å². The van der Waals surface area contributed by atoms with Gasteiger partial charge < -0.3 is 19.5 Å². The Hall–Kier alpha value is -3.73. The Morgan fingerprint density at radius 2 is 1.89 bits per heavy atom. The molecule has 5 heteroatoms. The summed E-state index contributed by atoms with van der Waals surface area (Å²) in [6.07, 6.45) is 4.26. The summed E-state index contributed by atoms with van der Waals surface area (Å²) in [6.45, 7) is 0. The first-order chi connectivity index (χ1) is 13.6. The van der Waals surface area contributed by atoms with Crippen LogP contribution in [0.4, 0.5) is 0 Å². The lowest BCUT2D eigenvalue weighted by Crippen LogP contribution is -1.94. The van der Waals surface area contributed by atoms with Crippen LogP contribution in [0.15, 0.2) is 66.6 Å². The van der Waals surface area contributed by atoms with Gasteiger partial charge in [0.25, 0.3) is 0 Å². The van der Waals surface area contributed by atoms with Crippen LogP contribution in [0.25, 0.3) is 28.4 Å². The number of phenols is 2. The molecule has 2 aromatic heterocycles. The molecule has 0 saturated heterocycles. The van der Waals surface area contributed by atoms with E-state index in [1.807, 2.05) is 43.5 Å². The van der Waals surface area contributed by atoms with E-state index in [1.165, 1.54) is 12.1 Å². The van der Waals surface area contributed by atoms with Gasteiger partial charge in [0.15, 0.2) is 0 Å². The van der Waals surface area contributed by atoms with Gasteiger partial charge in [0.05, 0.1) is 5.69 Å². The van der Waals surface area contributed by atoms with Crippen LogP contribution >= 0.6 is 0 Å². The van der Waals surface area contributed by atoms with Gasteiger partial charge in [-0.1, -0.05) is 30.3 Å². The number of hydrogen-bond donors (Lipinski definition) is 2. The van der Waals surface area contributed by atoms with Crippen LogP contribution in [0.2, 0.25) is 0 Å². The van der Waals surface area contributed by atoms with Crippen molar-refractivity contribution < 1.29 is 14.9 Å². The van der Waals surface area contributed by atoms with Gasteiger partial charge in [-0.25, -0.2) is 4.98 Å². The van der Waals surface area contributed by atoms with Crippen molar-refractivity contribution in [2.75, 3.05) is 0 Å². The molecule has 28 heavy (non-hydrogen) atoms. The molecular weight excluding hydrogens is 352 g/mol. The summed E-state index contributed by atoms with van der Waals surface area (Å²) in [5.74, 6) is 1.23. The molecular formula is C23H18N2O3. The Balaban J connectivity index is 1.70. The van der Waals surface area contributed by atoms with Gasteiger partial charge in [-0.15, -0.1) is 0 Å². The Morgan fingerprint density at radius 3 is 2.71 bits per heavy atom. The first-order valence-electron chi connectivity index (χ1n) is 9.04. The molecule has 0 aliphatic carbocycles. The number of aryl methyl sites for hydroxylation is 1. The lowest BCUT2D eigenvalue weighted by atomic mass is 10.0. The number of hydrogen-bond acceptors (Lipinski definition) is 4. The van der Waals surface area contributed by atoms with Crippen molar-refractivity contribution in [1.82, 2.24) is 9.55 Å². The van der Waals surface area contributed by atoms with Gasteiger partial charge in [-0.05, 0) is 23.8 Å². The minimum absolute atomic E-state index is 0.0168. The number of pyridine rings is 1. The standard InChI is InChI=1S/C23H18N2O3/c1-25-22(14-6-3-2-4-7-14)18(17-8-5-9-24-23(17)25)12-16-13-19-20(27)10-15(26)11-21(19)28-16/h2-12,26-27H,13H2,1H3. The van der Waals surface area contributed by atoms with Gasteiger partial charge >= 0.3 is 0 Å². The van der Waals surface area contributed by atoms with E-state index in [-0.39, 0.29) is 11.5 Å². The maximum Gasteiger partial charge on any atom is 0.140 e. The van der Waals surface area contributed by atoms with Crippen molar-refractivity contribution in [2.45, 2.75) is 6.42 Å². The molecule has 5 nitrogen and oxygen atoms in total. The van der Waals surface area contributed by atoms with Gasteiger partial charge in [0, 0.05) is 48.3 Å². The van der Waals surface area contributed by atoms with Gasteiger partial charge in [-0.2, -0.15) is 0 Å². The predicted octanol–water partition coefficient (Wildman–Crippen LogP) is 4.63. The van der Waals surface area contributed by atoms with Crippen LogP contribution < -0.4 is 4.74 Å². The van der Waals surface area contributed by atoms with E-state index in [9.17, 15) is 10.2 Å². The molecule has 0 fully saturated rings. The fourth-order valence-electron chi connectivity index (χ4n) is 3.86. The second-order valence-corrected chi connectivity index (χ2v) is 6.89. The highest BCUT2D eigenvalue weighted by atomic mass is 16.5. The van der Waals surface area contributed by atoms with Crippen LogP contribution in [0.5, 0.6) is 17.2 Å². The van der Waals surface area contributed by atoms with E-state index < -0.39 is 0 Å². The molecule has 0 atom stereocenters. The van der Waals surface area contributed by atoms with E-state index in [0.29, 0.717) is 23.5 Å². The minimum atomic E-state index is -0.0168. The van der Waals surface area contributed by atoms with Crippen LogP contribution in [0.3, 0.4) is 0 Å². The Labute approximate surface area is 161 Å². The number of ether oxygens (including phenoxy) is 1. The van der Waals surface area contributed by atoms with Crippen molar-refractivity contribution in [2.24, 2.45) is 7.05 Å². The number of aromatic nitrogens is 2. The third kappa shape index (κ3) is 2.52. The molecule has 5 rings (SSSR count). The number of benzene rings is 2. The highest BCUT2D eigenvalue weighted by Crippen LogP contribution is 2.42. The molecule has 0 bridgehead atoms. The van der Waals surface area contributed by atoms with Crippen molar-refractivity contribution in [3.63, 3.8) is 0 Å². The second-order valence-electron chi connectivity index (χ2n) is 6.89. The molecule has 0 radical (unpaired) electrons. The monoisotopic (exact) mass is 370 g/mol. The van der Waals surface area contributed by atoms with Gasteiger partial charge in [0.1, 0.15) is 28.7 Å². The molecule has 3 heterocycles. The van der Waals surface area contributed by atoms with E-state index in [4.69, 9.17) is 4.74 Å². The highest BCUT2D eigenvalue weighted by molar-refractivity contribution is 5.96. The molecule has 2 N–H and O–H groups in total. The average molecular weight is 370 g/mol. The maximum absolute atomic E-state index is 10.1. The Morgan fingerprint density at radius 1 is 1.07 bits per heavy atom. The lowest BCUT2D eigenvalue weighted by molar-refractivity contribution is 0.430. The SMILES string of the molecule is Cn1c(-c2ccccc2)c(C=C2Cc3c(O)cc(O)cc3O2)c2cccnc21. The smallest absolute Gasteiger partial charge is 0.140 e. The number of nitrogens with zero attached hydrogens (tertiary/aromatic N) is 2. The summed E-state index contributed by atoms with van der Waals surface area (Å²) in [7, 11) is 2.01. The zero-order valence-electron chi connectivity index (χ0n) is 15.3.